The van der Waals surface area contributed by atoms with E-state index >= 15 is 0 Å². The zero-order valence-corrected chi connectivity index (χ0v) is 4.76. The first-order valence-corrected chi connectivity index (χ1v) is 3.23. The minimum absolute atomic E-state index is 0.982. The van der Waals surface area contributed by atoms with Gasteiger partial charge in [-0.05, 0) is 5.75 Å². The SMILES string of the molecule is [CH2+]CSCC[CH2-]. The minimum Gasteiger partial charge on any atom is -0.343 e. The third-order valence-electron chi connectivity index (χ3n) is 0.433. The number of thioether (sulfide) groups is 1. The Balaban J connectivity index is 2.34. The topological polar surface area (TPSA) is 0 Å². The van der Waals surface area contributed by atoms with Gasteiger partial charge in [0.15, 0.2) is 0 Å². The summed E-state index contributed by atoms with van der Waals surface area (Å²) >= 11 is 1.83. The van der Waals surface area contributed by atoms with Crippen LogP contribution in [0.15, 0.2) is 0 Å². The maximum absolute atomic E-state index is 3.67. The van der Waals surface area contributed by atoms with Crippen molar-refractivity contribution in [1.29, 1.82) is 0 Å². The van der Waals surface area contributed by atoms with Crippen molar-refractivity contribution in [2.75, 3.05) is 11.5 Å². The van der Waals surface area contributed by atoms with E-state index < -0.39 is 0 Å². The summed E-state index contributed by atoms with van der Waals surface area (Å²) in [5.74, 6) is 2.14. The summed E-state index contributed by atoms with van der Waals surface area (Å²) in [4.78, 5) is 0. The van der Waals surface area contributed by atoms with Gasteiger partial charge in [0, 0.05) is 0 Å². The van der Waals surface area contributed by atoms with Gasteiger partial charge in [-0.15, -0.1) is 11.8 Å². The van der Waals surface area contributed by atoms with Crippen LogP contribution in [0.25, 0.3) is 0 Å². The second-order valence-electron chi connectivity index (χ2n) is 0.966. The zero-order chi connectivity index (χ0) is 4.83. The molecule has 0 N–H and O–H groups in total. The second-order valence-corrected chi connectivity index (χ2v) is 2.19. The van der Waals surface area contributed by atoms with Crippen molar-refractivity contribution in [3.8, 4) is 0 Å². The van der Waals surface area contributed by atoms with E-state index in [-0.39, 0.29) is 0 Å². The molecule has 0 unspecified atom stereocenters. The molecular weight excluding hydrogens is 92.1 g/mol. The Morgan fingerprint density at radius 2 is 2.33 bits per heavy atom. The summed E-state index contributed by atoms with van der Waals surface area (Å²) < 4.78 is 0. The van der Waals surface area contributed by atoms with Gasteiger partial charge in [0.1, 0.15) is 5.75 Å². The average molecular weight is 102 g/mol. The molecule has 0 amide bonds. The Hall–Kier alpha value is 0.220. The maximum Gasteiger partial charge on any atom is 0.130 e. The number of rotatable bonds is 3. The van der Waals surface area contributed by atoms with E-state index in [1.54, 1.807) is 0 Å². The van der Waals surface area contributed by atoms with Gasteiger partial charge in [-0.1, -0.05) is 0 Å². The number of hydrogen-bond acceptors (Lipinski definition) is 1. The fraction of sp³-hybridized carbons (Fsp3) is 0.600. The molecule has 0 aliphatic rings. The average Bonchev–Trinajstić information content (AvgIpc) is 1.61. The van der Waals surface area contributed by atoms with Gasteiger partial charge in [0.05, 0.1) is 6.92 Å². The lowest BCUT2D eigenvalue weighted by Crippen LogP contribution is -1.72. The maximum atomic E-state index is 3.67. The van der Waals surface area contributed by atoms with Gasteiger partial charge < -0.3 is 6.92 Å². The first-order chi connectivity index (χ1) is 2.91. The Morgan fingerprint density at radius 1 is 1.67 bits per heavy atom. The highest BCUT2D eigenvalue weighted by molar-refractivity contribution is 7.99. The van der Waals surface area contributed by atoms with Crippen LogP contribution in [0.2, 0.25) is 0 Å². The van der Waals surface area contributed by atoms with Crippen LogP contribution >= 0.6 is 11.8 Å². The van der Waals surface area contributed by atoms with Gasteiger partial charge in [0.2, 0.25) is 0 Å². The molecule has 0 saturated heterocycles. The Morgan fingerprint density at radius 3 is 2.50 bits per heavy atom. The van der Waals surface area contributed by atoms with Crippen molar-refractivity contribution in [1.82, 2.24) is 0 Å². The van der Waals surface area contributed by atoms with Crippen LogP contribution < -0.4 is 0 Å². The highest BCUT2D eigenvalue weighted by atomic mass is 32.2. The quantitative estimate of drug-likeness (QED) is 0.386. The fourth-order valence-corrected chi connectivity index (χ4v) is 0.612. The molecule has 0 bridgehead atoms. The van der Waals surface area contributed by atoms with E-state index in [1.165, 1.54) is 0 Å². The van der Waals surface area contributed by atoms with Crippen LogP contribution in [-0.2, 0) is 0 Å². The molecule has 1 heteroatoms. The van der Waals surface area contributed by atoms with Crippen LogP contribution in [0.1, 0.15) is 6.42 Å². The summed E-state index contributed by atoms with van der Waals surface area (Å²) in [6, 6.07) is 0. The van der Waals surface area contributed by atoms with Gasteiger partial charge in [0.25, 0.3) is 0 Å². The highest BCUT2D eigenvalue weighted by Crippen LogP contribution is 1.97. The third kappa shape index (κ3) is 4.22. The second kappa shape index (κ2) is 5.22. The van der Waals surface area contributed by atoms with Crippen molar-refractivity contribution in [3.63, 3.8) is 0 Å². The lowest BCUT2D eigenvalue weighted by atomic mass is 10.6. The molecule has 0 aromatic heterocycles. The van der Waals surface area contributed by atoms with Crippen molar-refractivity contribution < 1.29 is 0 Å². The Bertz CT molecular complexity index is 15.9. The molecule has 0 heterocycles. The van der Waals surface area contributed by atoms with Gasteiger partial charge in [-0.25, -0.2) is 0 Å². The summed E-state index contributed by atoms with van der Waals surface area (Å²) in [6.45, 7) is 7.33. The van der Waals surface area contributed by atoms with Crippen LogP contribution in [0, 0.1) is 13.8 Å². The van der Waals surface area contributed by atoms with E-state index in [1.807, 2.05) is 11.8 Å². The van der Waals surface area contributed by atoms with Crippen molar-refractivity contribution in [2.24, 2.45) is 0 Å². The van der Waals surface area contributed by atoms with Crippen molar-refractivity contribution in [2.45, 2.75) is 6.42 Å². The fourth-order valence-electron chi connectivity index (χ4n) is 0.204. The number of hydrogen-bond donors (Lipinski definition) is 0. The van der Waals surface area contributed by atoms with Crippen molar-refractivity contribution >= 4 is 11.8 Å². The molecule has 0 radical (unpaired) electrons. The Kier molecular flexibility index (Phi) is 5.41. The van der Waals surface area contributed by atoms with Crippen LogP contribution in [0.5, 0.6) is 0 Å². The molecule has 0 aliphatic heterocycles. The van der Waals surface area contributed by atoms with E-state index in [4.69, 9.17) is 0 Å². The molecule has 0 aromatic carbocycles. The molecule has 0 rings (SSSR count). The first-order valence-electron chi connectivity index (χ1n) is 2.08. The highest BCUT2D eigenvalue weighted by Gasteiger charge is 1.76. The van der Waals surface area contributed by atoms with E-state index in [9.17, 15) is 0 Å². The minimum atomic E-state index is 0.982. The molecule has 36 valence electrons. The van der Waals surface area contributed by atoms with Crippen molar-refractivity contribution in [3.05, 3.63) is 13.8 Å². The largest absolute Gasteiger partial charge is 0.343 e. The zero-order valence-electron chi connectivity index (χ0n) is 3.94. The molecule has 0 aromatic rings. The first kappa shape index (κ1) is 6.22. The Labute approximate surface area is 44.3 Å². The van der Waals surface area contributed by atoms with Crippen LogP contribution in [-0.4, -0.2) is 11.5 Å². The normalized spacial score (nSPS) is 8.83. The predicted octanol–water partition coefficient (Wildman–Crippen LogP) is 1.78. The van der Waals surface area contributed by atoms with E-state index in [0.29, 0.717) is 0 Å². The molecule has 0 fully saturated rings. The molecule has 0 spiro atoms. The summed E-state index contributed by atoms with van der Waals surface area (Å²) in [5, 5.41) is 0. The lowest BCUT2D eigenvalue weighted by Gasteiger charge is -1.88. The van der Waals surface area contributed by atoms with Crippen LogP contribution in [0.4, 0.5) is 0 Å². The summed E-state index contributed by atoms with van der Waals surface area (Å²) in [7, 11) is 0. The molecule has 0 aliphatic carbocycles. The summed E-state index contributed by atoms with van der Waals surface area (Å²) in [5.41, 5.74) is 0. The lowest BCUT2D eigenvalue weighted by molar-refractivity contribution is 1.25. The van der Waals surface area contributed by atoms with Gasteiger partial charge in [-0.3, -0.25) is 0 Å². The smallest absolute Gasteiger partial charge is 0.130 e. The van der Waals surface area contributed by atoms with E-state index in [2.05, 4.69) is 13.8 Å². The predicted molar refractivity (Wildman–Crippen MR) is 32.7 cm³/mol. The molecular formula is C5H10S. The molecule has 0 saturated carbocycles. The molecule has 6 heavy (non-hydrogen) atoms. The third-order valence-corrected chi connectivity index (χ3v) is 1.30. The molecule has 0 atom stereocenters. The van der Waals surface area contributed by atoms with Gasteiger partial charge >= 0.3 is 0 Å². The molecule has 0 nitrogen and oxygen atoms in total. The van der Waals surface area contributed by atoms with Crippen LogP contribution in [0.3, 0.4) is 0 Å². The van der Waals surface area contributed by atoms with E-state index in [0.717, 1.165) is 17.9 Å². The standard InChI is InChI=1S/C5H10S/c1-3-5-6-4-2/h1-5H2. The monoisotopic (exact) mass is 102 g/mol. The summed E-state index contributed by atoms with van der Waals surface area (Å²) in [6.07, 6.45) is 1.03. The van der Waals surface area contributed by atoms with Gasteiger partial charge in [-0.2, -0.15) is 6.42 Å².